The number of carbonyl (C=O) groups is 2. The quantitative estimate of drug-likeness (QED) is 0.412. The Morgan fingerprint density at radius 2 is 1.97 bits per heavy atom. The van der Waals surface area contributed by atoms with Gasteiger partial charge < -0.3 is 19.2 Å². The van der Waals surface area contributed by atoms with Crippen LogP contribution in [0, 0.1) is 13.8 Å². The lowest BCUT2D eigenvalue weighted by atomic mass is 10.1. The van der Waals surface area contributed by atoms with Crippen LogP contribution in [0.5, 0.6) is 11.5 Å². The van der Waals surface area contributed by atoms with Gasteiger partial charge in [0, 0.05) is 22.2 Å². The number of aromatic nitrogens is 2. The highest BCUT2D eigenvalue weighted by Crippen LogP contribution is 2.34. The third-order valence-electron chi connectivity index (χ3n) is 4.61. The monoisotopic (exact) mass is 428 g/mol. The molecule has 0 unspecified atom stereocenters. The number of esters is 1. The van der Waals surface area contributed by atoms with Crippen LogP contribution in [-0.2, 0) is 11.3 Å². The minimum absolute atomic E-state index is 0.0381. The topological polar surface area (TPSA) is 90.5 Å². The van der Waals surface area contributed by atoms with Crippen molar-refractivity contribution in [1.82, 2.24) is 9.97 Å². The van der Waals surface area contributed by atoms with E-state index in [2.05, 4.69) is 9.97 Å². The van der Waals surface area contributed by atoms with Crippen LogP contribution in [0.1, 0.15) is 51.6 Å². The summed E-state index contributed by atoms with van der Waals surface area (Å²) >= 11 is 1.45. The molecule has 0 saturated carbocycles. The molecule has 0 fully saturated rings. The van der Waals surface area contributed by atoms with Crippen molar-refractivity contribution < 1.29 is 23.8 Å². The van der Waals surface area contributed by atoms with Gasteiger partial charge in [0.1, 0.15) is 17.3 Å². The summed E-state index contributed by atoms with van der Waals surface area (Å²) in [7, 11) is 1.59. The zero-order chi connectivity index (χ0) is 21.8. The highest BCUT2D eigenvalue weighted by molar-refractivity contribution is 7.13. The zero-order valence-electron chi connectivity index (χ0n) is 17.6. The van der Waals surface area contributed by atoms with E-state index in [9.17, 15) is 9.59 Å². The van der Waals surface area contributed by atoms with Crippen molar-refractivity contribution in [2.24, 2.45) is 0 Å². The molecule has 0 aliphatic carbocycles. The first kappa shape index (κ1) is 21.6. The largest absolute Gasteiger partial charge is 0.493 e. The number of hydrogen-bond acceptors (Lipinski definition) is 7. The summed E-state index contributed by atoms with van der Waals surface area (Å²) < 4.78 is 16.3. The maximum Gasteiger partial charge on any atom is 0.355 e. The van der Waals surface area contributed by atoms with E-state index in [0.717, 1.165) is 10.6 Å². The highest BCUT2D eigenvalue weighted by Gasteiger charge is 2.21. The van der Waals surface area contributed by atoms with Gasteiger partial charge >= 0.3 is 5.97 Å². The van der Waals surface area contributed by atoms with E-state index >= 15 is 0 Å². The number of carbonyl (C=O) groups excluding carboxylic acids is 2. The Balaban J connectivity index is 1.71. The fraction of sp³-hybridized carbons (Fsp3) is 0.318. The van der Waals surface area contributed by atoms with E-state index in [1.54, 1.807) is 21.0 Å². The normalized spacial score (nSPS) is 10.7. The Kier molecular flexibility index (Phi) is 6.56. The van der Waals surface area contributed by atoms with Crippen LogP contribution < -0.4 is 9.47 Å². The molecule has 0 bridgehead atoms. The summed E-state index contributed by atoms with van der Waals surface area (Å²) in [5.74, 6) is 0.711. The molecule has 7 nitrogen and oxygen atoms in total. The Hall–Kier alpha value is -3.13. The molecule has 3 rings (SSSR count). The van der Waals surface area contributed by atoms with Crippen LogP contribution in [0.4, 0.5) is 0 Å². The van der Waals surface area contributed by atoms with Gasteiger partial charge in [0.05, 0.1) is 19.4 Å². The molecule has 0 saturated heterocycles. The number of rotatable bonds is 8. The molecular formula is C22H24N2O5S. The molecule has 0 aliphatic rings. The van der Waals surface area contributed by atoms with Crippen LogP contribution >= 0.6 is 11.3 Å². The number of Topliss-reactive ketones (excluding diaryl/α,β-unsaturated/α-hetero) is 1. The summed E-state index contributed by atoms with van der Waals surface area (Å²) in [5, 5.41) is 2.63. The van der Waals surface area contributed by atoms with Gasteiger partial charge in [0.2, 0.25) is 0 Å². The lowest BCUT2D eigenvalue weighted by Crippen LogP contribution is -2.08. The molecule has 0 radical (unpaired) electrons. The maximum absolute atomic E-state index is 12.5. The lowest BCUT2D eigenvalue weighted by Gasteiger charge is -2.09. The molecule has 2 heterocycles. The summed E-state index contributed by atoms with van der Waals surface area (Å²) in [5.41, 5.74) is 3.62. The van der Waals surface area contributed by atoms with Crippen LogP contribution in [0.25, 0.3) is 10.6 Å². The van der Waals surface area contributed by atoms with Gasteiger partial charge in [-0.25, -0.2) is 9.78 Å². The molecule has 0 aliphatic heterocycles. The Morgan fingerprint density at radius 3 is 2.60 bits per heavy atom. The minimum Gasteiger partial charge on any atom is -0.493 e. The minimum atomic E-state index is -0.514. The average molecular weight is 429 g/mol. The van der Waals surface area contributed by atoms with Crippen LogP contribution in [-0.4, -0.2) is 35.4 Å². The first-order chi connectivity index (χ1) is 14.3. The number of nitrogens with zero attached hydrogens (tertiary/aromatic N) is 1. The summed E-state index contributed by atoms with van der Waals surface area (Å²) in [4.78, 5) is 31.7. The number of ketones is 1. The second-order valence-electron chi connectivity index (χ2n) is 6.70. The SMILES string of the molecule is CCOc1ccc(-c2nc(COC(=O)c3[nH]c(C)c(C(C)=O)c3C)cs2)cc1OC. The molecular weight excluding hydrogens is 404 g/mol. The van der Waals surface area contributed by atoms with Crippen molar-refractivity contribution in [3.05, 3.63) is 51.8 Å². The van der Waals surface area contributed by atoms with Crippen molar-refractivity contribution in [2.75, 3.05) is 13.7 Å². The van der Waals surface area contributed by atoms with E-state index in [1.165, 1.54) is 18.3 Å². The highest BCUT2D eigenvalue weighted by atomic mass is 32.1. The van der Waals surface area contributed by atoms with Crippen molar-refractivity contribution in [3.8, 4) is 22.1 Å². The predicted octanol–water partition coefficient (Wildman–Crippen LogP) is 4.72. The van der Waals surface area contributed by atoms with Gasteiger partial charge in [-0.2, -0.15) is 0 Å². The molecule has 0 amide bonds. The van der Waals surface area contributed by atoms with Crippen molar-refractivity contribution in [3.63, 3.8) is 0 Å². The van der Waals surface area contributed by atoms with Crippen LogP contribution in [0.2, 0.25) is 0 Å². The number of nitrogens with one attached hydrogen (secondary N) is 1. The summed E-state index contributed by atoms with van der Waals surface area (Å²) in [6.45, 7) is 7.48. The predicted molar refractivity (Wildman–Crippen MR) is 115 cm³/mol. The third-order valence-corrected chi connectivity index (χ3v) is 5.55. The number of thiazole rings is 1. The second-order valence-corrected chi connectivity index (χ2v) is 7.56. The molecule has 0 spiro atoms. The van der Waals surface area contributed by atoms with E-state index in [0.29, 0.717) is 46.3 Å². The molecule has 158 valence electrons. The first-order valence-corrected chi connectivity index (χ1v) is 10.4. The maximum atomic E-state index is 12.5. The number of H-pyrrole nitrogens is 1. The molecule has 0 atom stereocenters. The van der Waals surface area contributed by atoms with Gasteiger partial charge in [0.15, 0.2) is 17.3 Å². The number of hydrogen-bond donors (Lipinski definition) is 1. The smallest absolute Gasteiger partial charge is 0.355 e. The number of methoxy groups -OCH3 is 1. The van der Waals surface area contributed by atoms with E-state index in [4.69, 9.17) is 14.2 Å². The molecule has 1 N–H and O–H groups in total. The summed E-state index contributed by atoms with van der Waals surface area (Å²) in [6.07, 6.45) is 0. The van der Waals surface area contributed by atoms with Gasteiger partial charge in [-0.15, -0.1) is 11.3 Å². The van der Waals surface area contributed by atoms with Gasteiger partial charge in [-0.1, -0.05) is 0 Å². The van der Waals surface area contributed by atoms with Gasteiger partial charge in [-0.05, 0) is 51.5 Å². The Morgan fingerprint density at radius 1 is 1.20 bits per heavy atom. The zero-order valence-corrected chi connectivity index (χ0v) is 18.4. The fourth-order valence-corrected chi connectivity index (χ4v) is 4.08. The molecule has 1 aromatic carbocycles. The van der Waals surface area contributed by atoms with Gasteiger partial charge in [-0.3, -0.25) is 4.79 Å². The second kappa shape index (κ2) is 9.13. The average Bonchev–Trinajstić information content (AvgIpc) is 3.30. The standard InChI is InChI=1S/C22H24N2O5S/c1-6-28-17-8-7-15(9-18(17)27-5)21-24-16(11-30-21)10-29-22(26)20-12(2)19(14(4)25)13(3)23-20/h7-9,11,23H,6,10H2,1-5H3. The molecule has 8 heteroatoms. The van der Waals surface area contributed by atoms with Crippen LogP contribution in [0.3, 0.4) is 0 Å². The molecule has 30 heavy (non-hydrogen) atoms. The lowest BCUT2D eigenvalue weighted by molar-refractivity contribution is 0.0461. The number of benzene rings is 1. The van der Waals surface area contributed by atoms with Crippen molar-refractivity contribution in [2.45, 2.75) is 34.3 Å². The molecule has 3 aromatic rings. The van der Waals surface area contributed by atoms with Crippen molar-refractivity contribution in [1.29, 1.82) is 0 Å². The van der Waals surface area contributed by atoms with Crippen molar-refractivity contribution >= 4 is 23.1 Å². The van der Waals surface area contributed by atoms with E-state index < -0.39 is 5.97 Å². The van der Waals surface area contributed by atoms with Crippen LogP contribution in [0.15, 0.2) is 23.6 Å². The fourth-order valence-electron chi connectivity index (χ4n) is 3.28. The molecule has 2 aromatic heterocycles. The Bertz CT molecular complexity index is 1080. The Labute approximate surface area is 179 Å². The van der Waals surface area contributed by atoms with E-state index in [1.807, 2.05) is 30.5 Å². The van der Waals surface area contributed by atoms with Gasteiger partial charge in [0.25, 0.3) is 0 Å². The number of aromatic amines is 1. The number of ether oxygens (including phenoxy) is 3. The first-order valence-electron chi connectivity index (χ1n) is 9.48. The summed E-state index contributed by atoms with van der Waals surface area (Å²) in [6, 6.07) is 5.63. The third kappa shape index (κ3) is 4.38. The number of aryl methyl sites for hydroxylation is 1. The van der Waals surface area contributed by atoms with E-state index in [-0.39, 0.29) is 12.4 Å².